The summed E-state index contributed by atoms with van der Waals surface area (Å²) in [6.07, 6.45) is 15.1. The number of fused-ring (bicyclic) bond motifs is 2. The van der Waals surface area contributed by atoms with Gasteiger partial charge in [-0.3, -0.25) is 24.5 Å². The molecule has 0 saturated heterocycles. The third kappa shape index (κ3) is 8.38. The molecular formula is C49H44ClN9O2. The van der Waals surface area contributed by atoms with Crippen molar-refractivity contribution in [1.29, 1.82) is 0 Å². The molecule has 0 bridgehead atoms. The normalized spacial score (nSPS) is 15.7. The number of hydrogen-bond donors (Lipinski definition) is 2. The number of amides is 2. The first kappa shape index (κ1) is 38.5. The molecule has 4 aliphatic rings. The number of anilines is 2. The summed E-state index contributed by atoms with van der Waals surface area (Å²) in [6.45, 7) is 0. The highest BCUT2D eigenvalue weighted by molar-refractivity contribution is 6.06. The van der Waals surface area contributed by atoms with Crippen LogP contribution in [-0.4, -0.2) is 46.3 Å². The lowest BCUT2D eigenvalue weighted by molar-refractivity contribution is 0.101. The molecule has 12 heteroatoms. The second-order valence-electron chi connectivity index (χ2n) is 16.6. The first-order valence-corrected chi connectivity index (χ1v) is 21.1. The number of nitrogens with zero attached hydrogens (tertiary/aromatic N) is 7. The molecule has 0 spiro atoms. The second-order valence-corrected chi connectivity index (χ2v) is 16.6. The maximum absolute atomic E-state index is 12.7. The third-order valence-corrected chi connectivity index (χ3v) is 11.8. The monoisotopic (exact) mass is 825 g/mol. The fourth-order valence-electron chi connectivity index (χ4n) is 7.84. The zero-order valence-electron chi connectivity index (χ0n) is 33.4. The first-order valence-electron chi connectivity index (χ1n) is 21.1. The van der Waals surface area contributed by atoms with Crippen LogP contribution in [0.3, 0.4) is 0 Å². The van der Waals surface area contributed by atoms with E-state index in [1.165, 1.54) is 74.1 Å². The van der Waals surface area contributed by atoms with Crippen molar-refractivity contribution in [3.05, 3.63) is 162 Å². The Labute approximate surface area is 359 Å². The van der Waals surface area contributed by atoms with Crippen molar-refractivity contribution < 1.29 is 9.59 Å². The Kier molecular flexibility index (Phi) is 10.1. The molecule has 0 unspecified atom stereocenters. The highest BCUT2D eigenvalue weighted by Gasteiger charge is 2.34. The number of benzene rings is 4. The van der Waals surface area contributed by atoms with Gasteiger partial charge in [-0.15, -0.1) is 12.4 Å². The molecule has 4 aromatic carbocycles. The average molecular weight is 826 g/mol. The number of nitrogens with one attached hydrogen (secondary N) is 2. The first-order chi connectivity index (χ1) is 29.5. The van der Waals surface area contributed by atoms with E-state index in [9.17, 15) is 9.59 Å². The van der Waals surface area contributed by atoms with Gasteiger partial charge in [0.15, 0.2) is 0 Å². The van der Waals surface area contributed by atoms with Crippen molar-refractivity contribution in [3.8, 4) is 11.4 Å². The van der Waals surface area contributed by atoms with Crippen LogP contribution in [0.15, 0.2) is 128 Å². The van der Waals surface area contributed by atoms with Crippen LogP contribution in [0.1, 0.15) is 119 Å². The van der Waals surface area contributed by atoms with Crippen LogP contribution in [0, 0.1) is 0 Å². The summed E-state index contributed by atoms with van der Waals surface area (Å²) in [5.41, 5.74) is 12.3. The number of aromatic nitrogens is 7. The molecule has 4 saturated carbocycles. The Hall–Kier alpha value is -6.72. The lowest BCUT2D eigenvalue weighted by Crippen LogP contribution is -2.12. The van der Waals surface area contributed by atoms with Gasteiger partial charge in [0.1, 0.15) is 0 Å². The van der Waals surface area contributed by atoms with Gasteiger partial charge >= 0.3 is 0 Å². The number of hydrogen-bond acceptors (Lipinski definition) is 7. The summed E-state index contributed by atoms with van der Waals surface area (Å²) in [6, 6.07) is 35.2. The van der Waals surface area contributed by atoms with Gasteiger partial charge in [-0.05, 0) is 154 Å². The number of rotatable bonds is 10. The minimum atomic E-state index is -0.163. The van der Waals surface area contributed by atoms with E-state index in [2.05, 4.69) is 47.1 Å². The topological polar surface area (TPSA) is 133 Å². The third-order valence-electron chi connectivity index (χ3n) is 11.8. The fourth-order valence-corrected chi connectivity index (χ4v) is 7.84. The van der Waals surface area contributed by atoms with Gasteiger partial charge < -0.3 is 10.6 Å². The molecule has 12 rings (SSSR count). The number of carbonyl (C=O) groups is 2. The summed E-state index contributed by atoms with van der Waals surface area (Å²) in [5.74, 6) is 2.30. The predicted octanol–water partition coefficient (Wildman–Crippen LogP) is 10.7. The van der Waals surface area contributed by atoms with Crippen molar-refractivity contribution in [3.63, 3.8) is 0 Å². The van der Waals surface area contributed by atoms with Crippen LogP contribution >= 0.6 is 12.4 Å². The van der Waals surface area contributed by atoms with E-state index in [0.717, 1.165) is 39.2 Å². The molecule has 4 fully saturated rings. The van der Waals surface area contributed by atoms with Crippen LogP contribution in [0.25, 0.3) is 33.3 Å². The second kappa shape index (κ2) is 16.0. The molecule has 2 N–H and O–H groups in total. The van der Waals surface area contributed by atoms with E-state index in [-0.39, 0.29) is 24.2 Å². The molecule has 61 heavy (non-hydrogen) atoms. The minimum absolute atomic E-state index is 0. The highest BCUT2D eigenvalue weighted by atomic mass is 35.5. The van der Waals surface area contributed by atoms with Crippen LogP contribution in [0.4, 0.5) is 11.4 Å². The smallest absolute Gasteiger partial charge is 0.255 e. The summed E-state index contributed by atoms with van der Waals surface area (Å²) in [4.78, 5) is 38.2. The molecule has 4 aliphatic carbocycles. The number of carbonyl (C=O) groups excluding carboxylic acids is 2. The SMILES string of the molecule is Cl.O=C(Nc1ccc(-n2nc(C3CC3)cc2C2CC2)cc1)c1ccc2ncccc2c1.O=C(Nc1ccc(-n2nc(C3CC3)cc2C2CC2)cc1)c1ccc2nccnc2c1. The molecular weight excluding hydrogens is 782 g/mol. The molecule has 0 aliphatic heterocycles. The average Bonchev–Trinajstić information content (AvgIpc) is 4.07. The molecule has 0 radical (unpaired) electrons. The van der Waals surface area contributed by atoms with E-state index in [4.69, 9.17) is 10.2 Å². The van der Waals surface area contributed by atoms with Crippen LogP contribution < -0.4 is 10.6 Å². The van der Waals surface area contributed by atoms with E-state index in [1.54, 1.807) is 30.7 Å². The van der Waals surface area contributed by atoms with Gasteiger partial charge in [-0.2, -0.15) is 10.2 Å². The molecule has 0 atom stereocenters. The van der Waals surface area contributed by atoms with Crippen LogP contribution in [-0.2, 0) is 0 Å². The zero-order chi connectivity index (χ0) is 40.2. The van der Waals surface area contributed by atoms with E-state index >= 15 is 0 Å². The zero-order valence-corrected chi connectivity index (χ0v) is 34.3. The van der Waals surface area contributed by atoms with Crippen molar-refractivity contribution in [2.24, 2.45) is 0 Å². The fraction of sp³-hybridized carbons (Fsp3) is 0.245. The molecule has 8 aromatic rings. The molecule has 2 amide bonds. The Morgan fingerprint density at radius 3 is 1.44 bits per heavy atom. The van der Waals surface area contributed by atoms with E-state index < -0.39 is 0 Å². The molecule has 4 heterocycles. The van der Waals surface area contributed by atoms with E-state index in [1.807, 2.05) is 84.9 Å². The van der Waals surface area contributed by atoms with Crippen molar-refractivity contribution in [2.45, 2.75) is 75.0 Å². The molecule has 11 nitrogen and oxygen atoms in total. The summed E-state index contributed by atoms with van der Waals surface area (Å²) >= 11 is 0. The van der Waals surface area contributed by atoms with Crippen LogP contribution in [0.2, 0.25) is 0 Å². The van der Waals surface area contributed by atoms with Crippen molar-refractivity contribution in [2.75, 3.05) is 10.6 Å². The predicted molar refractivity (Wildman–Crippen MR) is 239 cm³/mol. The Morgan fingerprint density at radius 1 is 0.475 bits per heavy atom. The molecule has 304 valence electrons. The van der Waals surface area contributed by atoms with Gasteiger partial charge in [0, 0.05) is 81.5 Å². The van der Waals surface area contributed by atoms with Gasteiger partial charge in [-0.1, -0.05) is 6.07 Å². The Balaban J connectivity index is 0.000000144. The maximum Gasteiger partial charge on any atom is 0.255 e. The van der Waals surface area contributed by atoms with Crippen LogP contribution in [0.5, 0.6) is 0 Å². The quantitative estimate of drug-likeness (QED) is 0.140. The lowest BCUT2D eigenvalue weighted by atomic mass is 10.1. The Morgan fingerprint density at radius 2 is 0.934 bits per heavy atom. The van der Waals surface area contributed by atoms with E-state index in [0.29, 0.717) is 40.3 Å². The summed E-state index contributed by atoms with van der Waals surface area (Å²) in [7, 11) is 0. The van der Waals surface area contributed by atoms with Gasteiger partial charge in [0.05, 0.1) is 39.3 Å². The highest BCUT2D eigenvalue weighted by Crippen LogP contribution is 2.46. The van der Waals surface area contributed by atoms with Gasteiger partial charge in [-0.25, -0.2) is 9.36 Å². The number of pyridine rings is 1. The summed E-state index contributed by atoms with van der Waals surface area (Å²) in [5, 5.41) is 16.7. The maximum atomic E-state index is 12.7. The lowest BCUT2D eigenvalue weighted by Gasteiger charge is -2.09. The summed E-state index contributed by atoms with van der Waals surface area (Å²) < 4.78 is 4.20. The number of halogens is 1. The van der Waals surface area contributed by atoms with Crippen molar-refractivity contribution >= 4 is 57.5 Å². The van der Waals surface area contributed by atoms with Crippen molar-refractivity contribution in [1.82, 2.24) is 34.5 Å². The standard InChI is InChI=1S/C25H22N4O.C24H21N5O.ClH/c30-25(19-7-12-22-18(14-19)2-1-13-26-22)27-20-8-10-21(11-9-20)29-24(17-5-6-17)15-23(28-29)16-3-4-16;30-24(17-5-10-20-22(13-17)26-12-11-25-20)27-18-6-8-19(9-7-18)29-23(16-3-4-16)14-21(28-29)15-1-2-15;/h1-2,7-17H,3-6H2,(H,27,30);5-16H,1-4H2,(H,27,30);1H. The molecule has 4 aromatic heterocycles. The Bertz CT molecular complexity index is 2710. The van der Waals surface area contributed by atoms with Gasteiger partial charge in [0.2, 0.25) is 0 Å². The van der Waals surface area contributed by atoms with Gasteiger partial charge in [0.25, 0.3) is 11.8 Å². The minimum Gasteiger partial charge on any atom is -0.322 e. The largest absolute Gasteiger partial charge is 0.322 e.